The molecule has 1 aromatic heterocycles. The van der Waals surface area contributed by atoms with Gasteiger partial charge in [0.25, 0.3) is 0 Å². The second kappa shape index (κ2) is 6.61. The summed E-state index contributed by atoms with van der Waals surface area (Å²) in [5.74, 6) is 0.822. The molecule has 1 saturated carbocycles. The van der Waals surface area contributed by atoms with E-state index in [1.165, 1.54) is 30.2 Å². The van der Waals surface area contributed by atoms with E-state index in [-0.39, 0.29) is 11.9 Å². The van der Waals surface area contributed by atoms with Gasteiger partial charge in [0.1, 0.15) is 0 Å². The molecule has 0 N–H and O–H groups in total. The summed E-state index contributed by atoms with van der Waals surface area (Å²) in [4.78, 5) is 20.7. The maximum atomic E-state index is 11.7. The topological polar surface area (TPSA) is 36.4 Å². The molecule has 4 nitrogen and oxygen atoms in total. The summed E-state index contributed by atoms with van der Waals surface area (Å²) in [5.41, 5.74) is 2.57. The number of amides is 1. The highest BCUT2D eigenvalue weighted by Crippen LogP contribution is 2.39. The highest BCUT2D eigenvalue weighted by atomic mass is 16.2. The van der Waals surface area contributed by atoms with Crippen LogP contribution in [0, 0.1) is 0 Å². The summed E-state index contributed by atoms with van der Waals surface area (Å²) in [7, 11) is 0. The molecule has 2 heterocycles. The van der Waals surface area contributed by atoms with Crippen molar-refractivity contribution in [1.29, 1.82) is 0 Å². The van der Waals surface area contributed by atoms with E-state index < -0.39 is 0 Å². The van der Waals surface area contributed by atoms with Crippen LogP contribution < -0.4 is 0 Å². The minimum Gasteiger partial charge on any atom is -0.334 e. The van der Waals surface area contributed by atoms with Crippen LogP contribution in [-0.2, 0) is 11.2 Å². The van der Waals surface area contributed by atoms with Crippen LogP contribution in [0.3, 0.4) is 0 Å². The van der Waals surface area contributed by atoms with Gasteiger partial charge in [-0.15, -0.1) is 0 Å². The molecule has 1 saturated heterocycles. The van der Waals surface area contributed by atoms with E-state index in [1.54, 1.807) is 0 Å². The summed E-state index contributed by atoms with van der Waals surface area (Å²) in [6.45, 7) is 9.35. The number of hydrogen-bond acceptors (Lipinski definition) is 3. The molecule has 4 heteroatoms. The van der Waals surface area contributed by atoms with Gasteiger partial charge in [0.15, 0.2) is 0 Å². The number of carbonyl (C=O) groups excluding carboxylic acids is 1. The van der Waals surface area contributed by atoms with Gasteiger partial charge in [-0.05, 0) is 43.4 Å². The van der Waals surface area contributed by atoms with Crippen molar-refractivity contribution in [2.45, 2.75) is 38.1 Å². The summed E-state index contributed by atoms with van der Waals surface area (Å²) >= 11 is 0. The summed E-state index contributed by atoms with van der Waals surface area (Å²) in [5, 5.41) is 0. The van der Waals surface area contributed by atoms with E-state index in [0.29, 0.717) is 0 Å². The fraction of sp³-hybridized carbons (Fsp3) is 0.556. The van der Waals surface area contributed by atoms with Gasteiger partial charge in [0.05, 0.1) is 0 Å². The predicted molar refractivity (Wildman–Crippen MR) is 87.7 cm³/mol. The van der Waals surface area contributed by atoms with Crippen LogP contribution in [0.5, 0.6) is 0 Å². The molecule has 2 fully saturated rings. The molecule has 0 aromatic carbocycles. The van der Waals surface area contributed by atoms with Crippen molar-refractivity contribution in [3.05, 3.63) is 42.2 Å². The van der Waals surface area contributed by atoms with Crippen molar-refractivity contribution in [2.75, 3.05) is 26.2 Å². The van der Waals surface area contributed by atoms with Gasteiger partial charge in [0.2, 0.25) is 5.91 Å². The zero-order valence-corrected chi connectivity index (χ0v) is 13.4. The van der Waals surface area contributed by atoms with Crippen LogP contribution in [0.4, 0.5) is 0 Å². The Bertz CT molecular complexity index is 536. The highest BCUT2D eigenvalue weighted by Gasteiger charge is 2.26. The fourth-order valence-electron chi connectivity index (χ4n) is 3.20. The predicted octanol–water partition coefficient (Wildman–Crippen LogP) is 2.22. The Morgan fingerprint density at radius 3 is 2.82 bits per heavy atom. The largest absolute Gasteiger partial charge is 0.334 e. The average Bonchev–Trinajstić information content (AvgIpc) is 3.38. The quantitative estimate of drug-likeness (QED) is 0.782. The van der Waals surface area contributed by atoms with Crippen LogP contribution in [0.15, 0.2) is 31.0 Å². The highest BCUT2D eigenvalue weighted by molar-refractivity contribution is 5.87. The number of nitrogens with zero attached hydrogens (tertiary/aromatic N) is 3. The van der Waals surface area contributed by atoms with Crippen LogP contribution >= 0.6 is 0 Å². The number of aromatic nitrogens is 1. The molecule has 0 bridgehead atoms. The maximum Gasteiger partial charge on any atom is 0.246 e. The fourth-order valence-corrected chi connectivity index (χ4v) is 3.20. The molecule has 1 atom stereocenters. The molecule has 3 rings (SSSR count). The lowest BCUT2D eigenvalue weighted by Crippen LogP contribution is -2.53. The van der Waals surface area contributed by atoms with Crippen molar-refractivity contribution in [3.63, 3.8) is 0 Å². The van der Waals surface area contributed by atoms with Crippen LogP contribution in [0.2, 0.25) is 0 Å². The van der Waals surface area contributed by atoms with E-state index in [2.05, 4.69) is 41.7 Å². The molecule has 1 aromatic rings. The van der Waals surface area contributed by atoms with Gasteiger partial charge in [-0.2, -0.15) is 0 Å². The molecule has 1 aliphatic heterocycles. The Balaban J connectivity index is 1.47. The Hall–Kier alpha value is -1.68. The third kappa shape index (κ3) is 3.55. The SMILES string of the molecule is C=CC(=O)N1CCN(CCc2ccc(C3CC3)cn2)C[C@H]1C. The maximum absolute atomic E-state index is 11.7. The van der Waals surface area contributed by atoms with Gasteiger partial charge in [-0.3, -0.25) is 14.7 Å². The molecule has 118 valence electrons. The molecule has 22 heavy (non-hydrogen) atoms. The Morgan fingerprint density at radius 1 is 1.41 bits per heavy atom. The third-order valence-corrected chi connectivity index (χ3v) is 4.75. The summed E-state index contributed by atoms with van der Waals surface area (Å²) < 4.78 is 0. The van der Waals surface area contributed by atoms with Crippen molar-refractivity contribution in [3.8, 4) is 0 Å². The van der Waals surface area contributed by atoms with Gasteiger partial charge in [-0.1, -0.05) is 12.6 Å². The summed E-state index contributed by atoms with van der Waals surface area (Å²) in [6, 6.07) is 4.67. The molecule has 1 aliphatic carbocycles. The van der Waals surface area contributed by atoms with Gasteiger partial charge < -0.3 is 4.90 Å². The van der Waals surface area contributed by atoms with Crippen LogP contribution in [0.25, 0.3) is 0 Å². The molecule has 1 amide bonds. The number of pyridine rings is 1. The molecule has 0 spiro atoms. The second-order valence-electron chi connectivity index (χ2n) is 6.49. The minimum atomic E-state index is 0.0458. The first kappa shape index (κ1) is 15.2. The first-order chi connectivity index (χ1) is 10.7. The van der Waals surface area contributed by atoms with E-state index in [1.807, 2.05) is 4.90 Å². The van der Waals surface area contributed by atoms with E-state index in [4.69, 9.17) is 0 Å². The molecular weight excluding hydrogens is 274 g/mol. The van der Waals surface area contributed by atoms with Crippen LogP contribution in [-0.4, -0.2) is 52.9 Å². The van der Waals surface area contributed by atoms with Crippen molar-refractivity contribution in [2.24, 2.45) is 0 Å². The number of hydrogen-bond donors (Lipinski definition) is 0. The van der Waals surface area contributed by atoms with Crippen molar-refractivity contribution in [1.82, 2.24) is 14.8 Å². The lowest BCUT2D eigenvalue weighted by Gasteiger charge is -2.39. The lowest BCUT2D eigenvalue weighted by molar-refractivity contribution is -0.130. The first-order valence-corrected chi connectivity index (χ1v) is 8.27. The third-order valence-electron chi connectivity index (χ3n) is 4.75. The van der Waals surface area contributed by atoms with E-state index in [0.717, 1.165) is 38.5 Å². The summed E-state index contributed by atoms with van der Waals surface area (Å²) in [6.07, 6.45) is 7.10. The lowest BCUT2D eigenvalue weighted by atomic mass is 10.1. The average molecular weight is 299 g/mol. The van der Waals surface area contributed by atoms with Gasteiger partial charge in [-0.25, -0.2) is 0 Å². The van der Waals surface area contributed by atoms with Crippen molar-refractivity contribution < 1.29 is 4.79 Å². The zero-order chi connectivity index (χ0) is 15.5. The van der Waals surface area contributed by atoms with Gasteiger partial charge >= 0.3 is 0 Å². The standard InChI is InChI=1S/C18H25N3O/c1-3-18(22)21-11-10-20(13-14(21)2)9-8-17-7-6-16(12-19-17)15-4-5-15/h3,6-7,12,14-15H,1,4-5,8-11,13H2,2H3/t14-/m1/s1. The number of carbonyl (C=O) groups is 1. The first-order valence-electron chi connectivity index (χ1n) is 8.27. The van der Waals surface area contributed by atoms with E-state index >= 15 is 0 Å². The zero-order valence-electron chi connectivity index (χ0n) is 13.4. The molecule has 0 unspecified atom stereocenters. The number of rotatable bonds is 5. The van der Waals surface area contributed by atoms with Crippen LogP contribution in [0.1, 0.15) is 36.9 Å². The smallest absolute Gasteiger partial charge is 0.246 e. The second-order valence-corrected chi connectivity index (χ2v) is 6.49. The minimum absolute atomic E-state index is 0.0458. The number of piperazine rings is 1. The molecule has 0 radical (unpaired) electrons. The Labute approximate surface area is 132 Å². The molecular formula is C18H25N3O. The normalized spacial score (nSPS) is 22.6. The van der Waals surface area contributed by atoms with Crippen molar-refractivity contribution >= 4 is 5.91 Å². The van der Waals surface area contributed by atoms with Gasteiger partial charge in [0, 0.05) is 50.5 Å². The Kier molecular flexibility index (Phi) is 4.57. The Morgan fingerprint density at radius 2 is 2.23 bits per heavy atom. The monoisotopic (exact) mass is 299 g/mol. The van der Waals surface area contributed by atoms with E-state index in [9.17, 15) is 4.79 Å². The molecule has 2 aliphatic rings.